The molecule has 5 rings (SSSR count). The Morgan fingerprint density at radius 3 is 2.85 bits per heavy atom. The molecule has 1 N–H and O–H groups in total. The minimum Gasteiger partial charge on any atom is -0.377 e. The molecule has 1 aromatic heterocycles. The molecule has 3 aromatic rings. The van der Waals surface area contributed by atoms with Crippen LogP contribution in [0.5, 0.6) is 0 Å². The second-order valence-electron chi connectivity index (χ2n) is 8.62. The number of para-hydroxylation sites is 1. The van der Waals surface area contributed by atoms with Crippen LogP contribution in [0.3, 0.4) is 0 Å². The monoisotopic (exact) mass is 485 g/mol. The van der Waals surface area contributed by atoms with Gasteiger partial charge in [0.25, 0.3) is 5.91 Å². The molecule has 7 nitrogen and oxygen atoms in total. The normalized spacial score (nSPS) is 21.5. The summed E-state index contributed by atoms with van der Waals surface area (Å²) in [5.41, 5.74) is 1.38. The van der Waals surface area contributed by atoms with E-state index in [1.165, 1.54) is 12.1 Å². The van der Waals surface area contributed by atoms with E-state index in [-0.39, 0.29) is 29.4 Å². The van der Waals surface area contributed by atoms with Crippen molar-refractivity contribution >= 4 is 37.5 Å². The molecule has 2 fully saturated rings. The van der Waals surface area contributed by atoms with Crippen molar-refractivity contribution in [3.05, 3.63) is 59.1 Å². The molecule has 2 atom stereocenters. The number of benzene rings is 2. The highest BCUT2D eigenvalue weighted by Crippen LogP contribution is 2.33. The number of piperidine rings is 1. The molecular weight excluding hydrogens is 458 g/mol. The number of likely N-dealkylation sites (tertiary alicyclic amines) is 1. The van der Waals surface area contributed by atoms with Crippen molar-refractivity contribution in [2.45, 2.75) is 42.6 Å². The molecule has 0 spiro atoms. The SMILES string of the molecule is O=C(c1cccc(S(=O)(=O)NCC2CCCO2)c1)N1CCCC(c2nc3ccccc3s2)C1. The van der Waals surface area contributed by atoms with Crippen molar-refractivity contribution in [3.63, 3.8) is 0 Å². The molecule has 2 unspecified atom stereocenters. The molecule has 174 valence electrons. The van der Waals surface area contributed by atoms with Gasteiger partial charge in [-0.15, -0.1) is 11.3 Å². The number of aromatic nitrogens is 1. The first-order valence-corrected chi connectivity index (χ1v) is 13.7. The first-order chi connectivity index (χ1) is 16.0. The Kier molecular flexibility index (Phi) is 6.47. The van der Waals surface area contributed by atoms with Crippen molar-refractivity contribution in [2.24, 2.45) is 0 Å². The zero-order valence-corrected chi connectivity index (χ0v) is 19.9. The van der Waals surface area contributed by atoms with Crippen LogP contribution in [0.1, 0.15) is 47.0 Å². The summed E-state index contributed by atoms with van der Waals surface area (Å²) in [6, 6.07) is 14.4. The van der Waals surface area contributed by atoms with E-state index in [1.807, 2.05) is 23.1 Å². The zero-order valence-electron chi connectivity index (χ0n) is 18.3. The highest BCUT2D eigenvalue weighted by molar-refractivity contribution is 7.89. The number of sulfonamides is 1. The third-order valence-corrected chi connectivity index (χ3v) is 8.90. The Labute approximate surface area is 197 Å². The molecule has 0 saturated carbocycles. The fourth-order valence-corrected chi connectivity index (χ4v) is 6.70. The number of carbonyl (C=O) groups is 1. The molecule has 0 aliphatic carbocycles. The van der Waals surface area contributed by atoms with Crippen molar-refractivity contribution in [2.75, 3.05) is 26.2 Å². The van der Waals surface area contributed by atoms with Crippen LogP contribution in [0, 0.1) is 0 Å². The first-order valence-electron chi connectivity index (χ1n) is 11.4. The van der Waals surface area contributed by atoms with Gasteiger partial charge in [0.1, 0.15) is 0 Å². The van der Waals surface area contributed by atoms with Gasteiger partial charge in [0.15, 0.2) is 0 Å². The Morgan fingerprint density at radius 1 is 1.15 bits per heavy atom. The topological polar surface area (TPSA) is 88.6 Å². The fraction of sp³-hybridized carbons (Fsp3) is 0.417. The fourth-order valence-electron chi connectivity index (χ4n) is 4.50. The lowest BCUT2D eigenvalue weighted by Crippen LogP contribution is -2.39. The van der Waals surface area contributed by atoms with Gasteiger partial charge in [-0.1, -0.05) is 18.2 Å². The maximum Gasteiger partial charge on any atom is 0.253 e. The lowest BCUT2D eigenvalue weighted by atomic mass is 9.98. The number of amides is 1. The van der Waals surface area contributed by atoms with Crippen LogP contribution in [0.15, 0.2) is 53.4 Å². The number of fused-ring (bicyclic) bond motifs is 1. The second kappa shape index (κ2) is 9.50. The Bertz CT molecular complexity index is 1220. The van der Waals surface area contributed by atoms with Crippen LogP contribution in [0.25, 0.3) is 10.2 Å². The first kappa shape index (κ1) is 22.5. The average Bonchev–Trinajstić information content (AvgIpc) is 3.52. The molecule has 2 aliphatic rings. The van der Waals surface area contributed by atoms with E-state index < -0.39 is 10.0 Å². The van der Waals surface area contributed by atoms with Crippen LogP contribution in [0.2, 0.25) is 0 Å². The highest BCUT2D eigenvalue weighted by Gasteiger charge is 2.28. The van der Waals surface area contributed by atoms with Crippen LogP contribution in [0.4, 0.5) is 0 Å². The van der Waals surface area contributed by atoms with Crippen LogP contribution >= 0.6 is 11.3 Å². The third-order valence-electron chi connectivity index (χ3n) is 6.28. The Morgan fingerprint density at radius 2 is 2.03 bits per heavy atom. The highest BCUT2D eigenvalue weighted by atomic mass is 32.2. The van der Waals surface area contributed by atoms with Gasteiger partial charge in [0.2, 0.25) is 10.0 Å². The van der Waals surface area contributed by atoms with E-state index in [0.29, 0.717) is 25.3 Å². The van der Waals surface area contributed by atoms with Crippen molar-refractivity contribution in [1.29, 1.82) is 0 Å². The molecular formula is C24H27N3O4S2. The lowest BCUT2D eigenvalue weighted by molar-refractivity contribution is 0.0707. The predicted octanol–water partition coefficient (Wildman–Crippen LogP) is 3.77. The maximum absolute atomic E-state index is 13.3. The van der Waals surface area contributed by atoms with Crippen LogP contribution in [-0.2, 0) is 14.8 Å². The standard InChI is InChI=1S/C24H27N3O4S2/c28-24(17-6-3-9-20(14-17)33(29,30)25-15-19-8-5-13-31-19)27-12-4-7-18(16-27)23-26-21-10-1-2-11-22(21)32-23/h1-3,6,9-11,14,18-19,25H,4-5,7-8,12-13,15-16H2. The smallest absolute Gasteiger partial charge is 0.253 e. The van der Waals surface area contributed by atoms with E-state index in [0.717, 1.165) is 40.9 Å². The molecule has 0 bridgehead atoms. The van der Waals surface area contributed by atoms with E-state index >= 15 is 0 Å². The molecule has 2 saturated heterocycles. The van der Waals surface area contributed by atoms with Crippen molar-refractivity contribution in [1.82, 2.24) is 14.6 Å². The van der Waals surface area contributed by atoms with Crippen molar-refractivity contribution in [3.8, 4) is 0 Å². The van der Waals surface area contributed by atoms with Gasteiger partial charge >= 0.3 is 0 Å². The molecule has 0 radical (unpaired) electrons. The van der Waals surface area contributed by atoms with E-state index in [4.69, 9.17) is 9.72 Å². The predicted molar refractivity (Wildman–Crippen MR) is 128 cm³/mol. The van der Waals surface area contributed by atoms with E-state index in [9.17, 15) is 13.2 Å². The maximum atomic E-state index is 13.3. The third kappa shape index (κ3) is 4.96. The van der Waals surface area contributed by atoms with Gasteiger partial charge in [-0.3, -0.25) is 4.79 Å². The van der Waals surface area contributed by atoms with Gasteiger partial charge in [0, 0.05) is 37.7 Å². The summed E-state index contributed by atoms with van der Waals surface area (Å²) in [4.78, 5) is 20.0. The average molecular weight is 486 g/mol. The molecule has 2 aliphatic heterocycles. The summed E-state index contributed by atoms with van der Waals surface area (Å²) < 4.78 is 34.8. The van der Waals surface area contributed by atoms with Gasteiger partial charge in [-0.2, -0.15) is 0 Å². The van der Waals surface area contributed by atoms with Crippen molar-refractivity contribution < 1.29 is 17.9 Å². The molecule has 33 heavy (non-hydrogen) atoms. The molecule has 2 aromatic carbocycles. The largest absolute Gasteiger partial charge is 0.377 e. The molecule has 1 amide bonds. The van der Waals surface area contributed by atoms with Crippen LogP contribution in [-0.4, -0.2) is 56.6 Å². The van der Waals surface area contributed by atoms with Gasteiger partial charge < -0.3 is 9.64 Å². The van der Waals surface area contributed by atoms with Gasteiger partial charge in [-0.05, 0) is 56.0 Å². The molecule has 9 heteroatoms. The summed E-state index contributed by atoms with van der Waals surface area (Å²) >= 11 is 1.69. The number of ether oxygens (including phenoxy) is 1. The van der Waals surface area contributed by atoms with Gasteiger partial charge in [0.05, 0.1) is 26.2 Å². The number of hydrogen-bond donors (Lipinski definition) is 1. The summed E-state index contributed by atoms with van der Waals surface area (Å²) in [5, 5.41) is 1.06. The summed E-state index contributed by atoms with van der Waals surface area (Å²) in [7, 11) is -3.71. The quantitative estimate of drug-likeness (QED) is 0.574. The Hall–Kier alpha value is -2.33. The zero-order chi connectivity index (χ0) is 22.8. The Balaban J connectivity index is 1.29. The minimum atomic E-state index is -3.71. The number of hydrogen-bond acceptors (Lipinski definition) is 6. The minimum absolute atomic E-state index is 0.0858. The number of thiazole rings is 1. The number of carbonyl (C=O) groups excluding carboxylic acids is 1. The lowest BCUT2D eigenvalue weighted by Gasteiger charge is -2.32. The summed E-state index contributed by atoms with van der Waals surface area (Å²) in [5.74, 6) is 0.0529. The summed E-state index contributed by atoms with van der Waals surface area (Å²) in [6.07, 6.45) is 3.60. The van der Waals surface area contributed by atoms with E-state index in [1.54, 1.807) is 23.5 Å². The summed E-state index contributed by atoms with van der Waals surface area (Å²) in [6.45, 7) is 2.17. The number of nitrogens with zero attached hydrogens (tertiary/aromatic N) is 2. The number of nitrogens with one attached hydrogen (secondary N) is 1. The van der Waals surface area contributed by atoms with Gasteiger partial charge in [-0.25, -0.2) is 18.1 Å². The second-order valence-corrected chi connectivity index (χ2v) is 11.5. The molecule has 3 heterocycles. The van der Waals surface area contributed by atoms with E-state index in [2.05, 4.69) is 10.8 Å². The number of rotatable bonds is 6. The van der Waals surface area contributed by atoms with Crippen LogP contribution < -0.4 is 4.72 Å².